The van der Waals surface area contributed by atoms with Gasteiger partial charge in [0.05, 0.1) is 17.8 Å². The predicted molar refractivity (Wildman–Crippen MR) is 151 cm³/mol. The van der Waals surface area contributed by atoms with Gasteiger partial charge >= 0.3 is 12.0 Å². The van der Waals surface area contributed by atoms with Crippen LogP contribution in [0.3, 0.4) is 0 Å². The molecule has 8 nitrogen and oxygen atoms in total. The highest BCUT2D eigenvalue weighted by Crippen LogP contribution is 2.37. The van der Waals surface area contributed by atoms with Crippen LogP contribution in [-0.4, -0.2) is 66.1 Å². The van der Waals surface area contributed by atoms with E-state index in [2.05, 4.69) is 5.32 Å². The first-order valence-electron chi connectivity index (χ1n) is 13.7. The van der Waals surface area contributed by atoms with Crippen molar-refractivity contribution >= 4 is 40.2 Å². The quantitative estimate of drug-likeness (QED) is 0.304. The molecule has 1 atom stereocenters. The monoisotopic (exact) mass is 572 g/mol. The molecule has 1 aliphatic rings. The van der Waals surface area contributed by atoms with Gasteiger partial charge in [0.2, 0.25) is 11.8 Å². The maximum absolute atomic E-state index is 14.3. The van der Waals surface area contributed by atoms with Crippen molar-refractivity contribution in [3.8, 4) is 0 Å². The molecule has 2 amide bonds. The lowest BCUT2D eigenvalue weighted by Crippen LogP contribution is -2.46. The molecule has 0 spiro atoms. The molecule has 1 heterocycles. The molecule has 1 aromatic heterocycles. The third-order valence-corrected chi connectivity index (χ3v) is 7.40. The van der Waals surface area contributed by atoms with Crippen molar-refractivity contribution in [2.75, 3.05) is 30.9 Å². The molecular formula is C30H35F3N4O4. The van der Waals surface area contributed by atoms with Crippen LogP contribution in [-0.2, 0) is 9.53 Å². The fraction of sp³-hybridized carbons (Fsp3) is 0.433. The van der Waals surface area contributed by atoms with Crippen LogP contribution in [0.25, 0.3) is 10.9 Å². The Kier molecular flexibility index (Phi) is 9.37. The summed E-state index contributed by atoms with van der Waals surface area (Å²) >= 11 is 0. The molecule has 0 bridgehead atoms. The number of aromatic nitrogens is 1. The van der Waals surface area contributed by atoms with Crippen LogP contribution in [0.15, 0.2) is 54.7 Å². The number of esters is 1. The number of likely N-dealkylation sites (N-methyl/N-ethyl adjacent to an activating group) is 1. The number of hydrogen-bond donors (Lipinski definition) is 1. The number of halogens is 3. The second-order valence-corrected chi connectivity index (χ2v) is 10.5. The van der Waals surface area contributed by atoms with E-state index in [1.54, 1.807) is 56.3 Å². The first-order valence-corrected chi connectivity index (χ1v) is 13.7. The number of rotatable bonds is 9. The van der Waals surface area contributed by atoms with Crippen LogP contribution < -0.4 is 10.2 Å². The molecular weight excluding hydrogens is 537 g/mol. The van der Waals surface area contributed by atoms with E-state index in [9.17, 15) is 27.6 Å². The van der Waals surface area contributed by atoms with Gasteiger partial charge < -0.3 is 10.1 Å². The summed E-state index contributed by atoms with van der Waals surface area (Å²) in [6, 6.07) is 11.0. The highest BCUT2D eigenvalue weighted by atomic mass is 19.3. The van der Waals surface area contributed by atoms with Crippen molar-refractivity contribution in [1.82, 2.24) is 9.47 Å². The lowest BCUT2D eigenvalue weighted by molar-refractivity contribution is -0.148. The van der Waals surface area contributed by atoms with Gasteiger partial charge in [-0.15, -0.1) is 0 Å². The molecule has 1 unspecified atom stereocenters. The Morgan fingerprint density at radius 1 is 1.10 bits per heavy atom. The highest BCUT2D eigenvalue weighted by Gasteiger charge is 2.39. The number of alkyl halides is 2. The predicted octanol–water partition coefficient (Wildman–Crippen LogP) is 6.31. The number of para-hydroxylation sites is 1. The van der Waals surface area contributed by atoms with Crippen LogP contribution in [0.2, 0.25) is 0 Å². The van der Waals surface area contributed by atoms with Crippen LogP contribution in [0.4, 0.5) is 29.3 Å². The fourth-order valence-electron chi connectivity index (χ4n) is 5.26. The SMILES string of the molecule is CCOC(=O)C(CCC(=O)n1cc(NC(=O)N(c2ccccc2)C2CCC(F)(F)CC2)c2cc(F)ccc21)N(C)C. The number of carbonyl (C=O) groups is 3. The van der Waals surface area contributed by atoms with Gasteiger partial charge in [0.25, 0.3) is 0 Å². The Morgan fingerprint density at radius 3 is 2.41 bits per heavy atom. The number of amides is 2. The van der Waals surface area contributed by atoms with Gasteiger partial charge in [-0.1, -0.05) is 18.2 Å². The fourth-order valence-corrected chi connectivity index (χ4v) is 5.26. The Hall–Kier alpha value is -3.86. The standard InChI is InChI=1S/C30H35F3N4O4/c1-4-41-28(39)26(35(2)3)12-13-27(38)36-19-24(23-18-20(31)10-11-25(23)36)34-29(40)37(21-8-6-5-7-9-21)22-14-16-30(32,33)17-15-22/h5-11,18-19,22,26H,4,12-17H2,1-3H3,(H,34,40). The van der Waals surface area contributed by atoms with Crippen LogP contribution in [0, 0.1) is 5.82 Å². The van der Waals surface area contributed by atoms with E-state index in [1.807, 2.05) is 0 Å². The lowest BCUT2D eigenvalue weighted by atomic mass is 9.91. The van der Waals surface area contributed by atoms with Crippen molar-refractivity contribution in [2.45, 2.75) is 63.5 Å². The van der Waals surface area contributed by atoms with E-state index in [0.717, 1.165) is 0 Å². The zero-order chi connectivity index (χ0) is 29.7. The second-order valence-electron chi connectivity index (χ2n) is 10.5. The van der Waals surface area contributed by atoms with E-state index in [4.69, 9.17) is 4.74 Å². The Bertz CT molecular complexity index is 1380. The zero-order valence-corrected chi connectivity index (χ0v) is 23.4. The molecule has 0 aliphatic heterocycles. The molecule has 0 radical (unpaired) electrons. The molecule has 1 saturated carbocycles. The minimum Gasteiger partial charge on any atom is -0.465 e. The summed E-state index contributed by atoms with van der Waals surface area (Å²) in [6.45, 7) is 1.93. The van der Waals surface area contributed by atoms with Crippen molar-refractivity contribution in [3.05, 3.63) is 60.5 Å². The molecule has 4 rings (SSSR count). The number of nitrogens with one attached hydrogen (secondary N) is 1. The Balaban J connectivity index is 1.61. The number of ether oxygens (including phenoxy) is 1. The maximum Gasteiger partial charge on any atom is 0.326 e. The summed E-state index contributed by atoms with van der Waals surface area (Å²) in [4.78, 5) is 42.5. The number of fused-ring (bicyclic) bond motifs is 1. The summed E-state index contributed by atoms with van der Waals surface area (Å²) in [7, 11) is 3.44. The average molecular weight is 573 g/mol. The first kappa shape index (κ1) is 30.1. The normalized spacial score (nSPS) is 16.0. The van der Waals surface area contributed by atoms with Crippen molar-refractivity contribution < 1.29 is 32.3 Å². The summed E-state index contributed by atoms with van der Waals surface area (Å²) in [5.41, 5.74) is 1.13. The lowest BCUT2D eigenvalue weighted by Gasteiger charge is -2.36. The maximum atomic E-state index is 14.3. The van der Waals surface area contributed by atoms with Gasteiger partial charge in [0, 0.05) is 42.6 Å². The van der Waals surface area contributed by atoms with Gasteiger partial charge in [-0.25, -0.2) is 18.0 Å². The van der Waals surface area contributed by atoms with Crippen molar-refractivity contribution in [1.29, 1.82) is 0 Å². The Labute approximate surface area is 237 Å². The van der Waals surface area contributed by atoms with Gasteiger partial charge in [0.15, 0.2) is 0 Å². The van der Waals surface area contributed by atoms with E-state index in [1.165, 1.54) is 33.9 Å². The van der Waals surface area contributed by atoms with Crippen molar-refractivity contribution in [3.63, 3.8) is 0 Å². The molecule has 41 heavy (non-hydrogen) atoms. The number of nitrogens with zero attached hydrogens (tertiary/aromatic N) is 3. The van der Waals surface area contributed by atoms with Gasteiger partial charge in [-0.2, -0.15) is 0 Å². The van der Waals surface area contributed by atoms with E-state index in [0.29, 0.717) is 16.6 Å². The smallest absolute Gasteiger partial charge is 0.326 e. The van der Waals surface area contributed by atoms with Gasteiger partial charge in [-0.3, -0.25) is 24.0 Å². The van der Waals surface area contributed by atoms with Crippen LogP contribution in [0.5, 0.6) is 0 Å². The van der Waals surface area contributed by atoms with Crippen molar-refractivity contribution in [2.24, 2.45) is 0 Å². The number of anilines is 2. The molecule has 1 fully saturated rings. The van der Waals surface area contributed by atoms with E-state index >= 15 is 0 Å². The molecule has 11 heteroatoms. The van der Waals surface area contributed by atoms with Gasteiger partial charge in [-0.05, 0) is 70.6 Å². The minimum absolute atomic E-state index is 0.0113. The average Bonchev–Trinajstić information content (AvgIpc) is 3.27. The van der Waals surface area contributed by atoms with Crippen LogP contribution in [0.1, 0.15) is 50.2 Å². The second kappa shape index (κ2) is 12.8. The molecule has 2 aromatic carbocycles. The molecule has 3 aromatic rings. The summed E-state index contributed by atoms with van der Waals surface area (Å²) < 4.78 is 48.6. The largest absolute Gasteiger partial charge is 0.465 e. The topological polar surface area (TPSA) is 83.9 Å². The molecule has 1 aliphatic carbocycles. The third kappa shape index (κ3) is 7.08. The molecule has 0 saturated heterocycles. The number of benzene rings is 2. The number of urea groups is 1. The first-order chi connectivity index (χ1) is 19.5. The number of carbonyl (C=O) groups excluding carboxylic acids is 3. The third-order valence-electron chi connectivity index (χ3n) is 7.40. The molecule has 1 N–H and O–H groups in total. The minimum atomic E-state index is -2.76. The molecule has 220 valence electrons. The summed E-state index contributed by atoms with van der Waals surface area (Å²) in [5.74, 6) is -4.10. The van der Waals surface area contributed by atoms with Crippen LogP contribution >= 0.6 is 0 Å². The summed E-state index contributed by atoms with van der Waals surface area (Å²) in [5, 5.41) is 3.11. The van der Waals surface area contributed by atoms with E-state index in [-0.39, 0.29) is 56.7 Å². The highest BCUT2D eigenvalue weighted by molar-refractivity contribution is 6.09. The number of hydrogen-bond acceptors (Lipinski definition) is 5. The summed E-state index contributed by atoms with van der Waals surface area (Å²) in [6.07, 6.45) is 1.21. The zero-order valence-electron chi connectivity index (χ0n) is 23.4. The van der Waals surface area contributed by atoms with E-state index < -0.39 is 35.8 Å². The van der Waals surface area contributed by atoms with Gasteiger partial charge in [0.1, 0.15) is 11.9 Å². The Morgan fingerprint density at radius 2 is 1.78 bits per heavy atom.